The first-order valence-electron chi connectivity index (χ1n) is 8.35. The van der Waals surface area contributed by atoms with Crippen molar-refractivity contribution in [2.75, 3.05) is 18.4 Å². The van der Waals surface area contributed by atoms with Crippen molar-refractivity contribution in [2.24, 2.45) is 0 Å². The first-order chi connectivity index (χ1) is 12.7. The standard InChI is InChI=1S/C17H20N4O4S2/c1-11(22)19-13-3-5-14(6-4-13)27(24,25)18-9-17(23)21-8-7-15-16(10-21)26-12(2)20-15/h3-6,18H,7-10H2,1-2H3,(H,19,22). The summed E-state index contributed by atoms with van der Waals surface area (Å²) in [5.74, 6) is -0.514. The lowest BCUT2D eigenvalue weighted by atomic mass is 10.2. The largest absolute Gasteiger partial charge is 0.336 e. The fourth-order valence-corrected chi connectivity index (χ4v) is 4.78. The van der Waals surface area contributed by atoms with Crippen molar-refractivity contribution in [3.8, 4) is 0 Å². The average Bonchev–Trinajstić information content (AvgIpc) is 2.99. The highest BCUT2D eigenvalue weighted by Gasteiger charge is 2.24. The van der Waals surface area contributed by atoms with Gasteiger partial charge >= 0.3 is 0 Å². The maximum absolute atomic E-state index is 12.4. The van der Waals surface area contributed by atoms with Gasteiger partial charge in [-0.3, -0.25) is 9.59 Å². The van der Waals surface area contributed by atoms with Gasteiger partial charge in [0.1, 0.15) is 0 Å². The molecule has 27 heavy (non-hydrogen) atoms. The molecule has 3 rings (SSSR count). The first-order valence-corrected chi connectivity index (χ1v) is 10.6. The monoisotopic (exact) mass is 408 g/mol. The number of anilines is 1. The molecule has 0 unspecified atom stereocenters. The maximum Gasteiger partial charge on any atom is 0.241 e. The van der Waals surface area contributed by atoms with Gasteiger partial charge in [-0.1, -0.05) is 0 Å². The van der Waals surface area contributed by atoms with Crippen LogP contribution in [0.25, 0.3) is 0 Å². The van der Waals surface area contributed by atoms with Crippen LogP contribution in [0, 0.1) is 6.92 Å². The third-order valence-corrected chi connectivity index (χ3v) is 6.50. The van der Waals surface area contributed by atoms with E-state index in [0.717, 1.165) is 15.6 Å². The van der Waals surface area contributed by atoms with Gasteiger partial charge in [0.2, 0.25) is 21.8 Å². The molecule has 1 aliphatic heterocycles. The second-order valence-corrected chi connectivity index (χ2v) is 9.25. The number of nitrogens with one attached hydrogen (secondary N) is 2. The Morgan fingerprint density at radius 2 is 1.96 bits per heavy atom. The number of carbonyl (C=O) groups excluding carboxylic acids is 2. The number of hydrogen-bond acceptors (Lipinski definition) is 6. The predicted octanol–water partition coefficient (Wildman–Crippen LogP) is 1.27. The van der Waals surface area contributed by atoms with Crippen molar-refractivity contribution < 1.29 is 18.0 Å². The molecule has 8 nitrogen and oxygen atoms in total. The molecule has 0 saturated heterocycles. The van der Waals surface area contributed by atoms with Crippen molar-refractivity contribution in [3.05, 3.63) is 39.8 Å². The molecule has 0 radical (unpaired) electrons. The van der Waals surface area contributed by atoms with E-state index < -0.39 is 10.0 Å². The van der Waals surface area contributed by atoms with Crippen LogP contribution in [0.3, 0.4) is 0 Å². The molecule has 2 aromatic rings. The molecule has 0 atom stereocenters. The van der Waals surface area contributed by atoms with Crippen molar-refractivity contribution >= 4 is 38.9 Å². The van der Waals surface area contributed by atoms with Crippen molar-refractivity contribution in [1.82, 2.24) is 14.6 Å². The quantitative estimate of drug-likeness (QED) is 0.775. The van der Waals surface area contributed by atoms with Crippen LogP contribution in [-0.2, 0) is 32.6 Å². The molecule has 2 heterocycles. The molecular formula is C17H20N4O4S2. The fraction of sp³-hybridized carbons (Fsp3) is 0.353. The Hall–Kier alpha value is -2.30. The second-order valence-electron chi connectivity index (χ2n) is 6.20. The molecule has 2 amide bonds. The Labute approximate surface area is 161 Å². The zero-order valence-corrected chi connectivity index (χ0v) is 16.6. The second kappa shape index (κ2) is 7.75. The van der Waals surface area contributed by atoms with Crippen LogP contribution in [0.1, 0.15) is 22.5 Å². The van der Waals surface area contributed by atoms with Gasteiger partial charge in [0.05, 0.1) is 28.7 Å². The third-order valence-electron chi connectivity index (χ3n) is 4.09. The lowest BCUT2D eigenvalue weighted by Gasteiger charge is -2.26. The van der Waals surface area contributed by atoms with Gasteiger partial charge < -0.3 is 10.2 Å². The SMILES string of the molecule is CC(=O)Nc1ccc(S(=O)(=O)NCC(=O)N2CCc3nc(C)sc3C2)cc1. The van der Waals surface area contributed by atoms with E-state index in [-0.39, 0.29) is 23.3 Å². The van der Waals surface area contributed by atoms with Gasteiger partial charge in [-0.05, 0) is 31.2 Å². The summed E-state index contributed by atoms with van der Waals surface area (Å²) in [5.41, 5.74) is 1.53. The lowest BCUT2D eigenvalue weighted by Crippen LogP contribution is -2.42. The minimum Gasteiger partial charge on any atom is -0.336 e. The molecule has 1 aliphatic rings. The van der Waals surface area contributed by atoms with Crippen LogP contribution >= 0.6 is 11.3 Å². The number of benzene rings is 1. The first kappa shape index (κ1) is 19.5. The van der Waals surface area contributed by atoms with Crippen LogP contribution < -0.4 is 10.0 Å². The Morgan fingerprint density at radius 1 is 1.26 bits per heavy atom. The average molecular weight is 409 g/mol. The number of sulfonamides is 1. The maximum atomic E-state index is 12.4. The number of aryl methyl sites for hydroxylation is 1. The zero-order chi connectivity index (χ0) is 19.6. The number of nitrogens with zero attached hydrogens (tertiary/aromatic N) is 2. The van der Waals surface area contributed by atoms with Crippen LogP contribution in [-0.4, -0.2) is 43.2 Å². The number of amides is 2. The van der Waals surface area contributed by atoms with Crippen LogP contribution in [0.2, 0.25) is 0 Å². The van der Waals surface area contributed by atoms with Crippen molar-refractivity contribution in [2.45, 2.75) is 31.7 Å². The van der Waals surface area contributed by atoms with E-state index in [1.807, 2.05) is 6.92 Å². The molecule has 0 saturated carbocycles. The molecule has 0 spiro atoms. The normalized spacial score (nSPS) is 13.9. The van der Waals surface area contributed by atoms with E-state index in [1.165, 1.54) is 31.2 Å². The highest BCUT2D eigenvalue weighted by molar-refractivity contribution is 7.89. The number of rotatable bonds is 5. The summed E-state index contributed by atoms with van der Waals surface area (Å²) in [6.07, 6.45) is 0.683. The summed E-state index contributed by atoms with van der Waals surface area (Å²) in [6.45, 7) is 3.99. The lowest BCUT2D eigenvalue weighted by molar-refractivity contribution is -0.130. The van der Waals surface area contributed by atoms with Gasteiger partial charge in [-0.15, -0.1) is 11.3 Å². The molecule has 10 heteroatoms. The third kappa shape index (κ3) is 4.71. The Morgan fingerprint density at radius 3 is 2.63 bits per heavy atom. The number of hydrogen-bond donors (Lipinski definition) is 2. The highest BCUT2D eigenvalue weighted by atomic mass is 32.2. The Bertz CT molecular complexity index is 967. The topological polar surface area (TPSA) is 108 Å². The summed E-state index contributed by atoms with van der Waals surface area (Å²) >= 11 is 1.56. The fourth-order valence-electron chi connectivity index (χ4n) is 2.81. The molecule has 1 aromatic carbocycles. The van der Waals surface area contributed by atoms with E-state index in [1.54, 1.807) is 16.2 Å². The number of thiazole rings is 1. The van der Waals surface area contributed by atoms with Gasteiger partial charge in [-0.25, -0.2) is 18.1 Å². The smallest absolute Gasteiger partial charge is 0.241 e. The summed E-state index contributed by atoms with van der Waals surface area (Å²) in [7, 11) is -3.82. The summed E-state index contributed by atoms with van der Waals surface area (Å²) < 4.78 is 27.1. The highest BCUT2D eigenvalue weighted by Crippen LogP contribution is 2.24. The molecule has 0 bridgehead atoms. The molecule has 144 valence electrons. The Balaban J connectivity index is 1.60. The van der Waals surface area contributed by atoms with E-state index in [2.05, 4.69) is 15.0 Å². The number of fused-ring (bicyclic) bond motifs is 1. The minimum absolute atomic E-state index is 0.0309. The molecule has 1 aromatic heterocycles. The van der Waals surface area contributed by atoms with Crippen LogP contribution in [0.4, 0.5) is 5.69 Å². The summed E-state index contributed by atoms with van der Waals surface area (Å²) in [4.78, 5) is 30.6. The Kier molecular flexibility index (Phi) is 5.59. The van der Waals surface area contributed by atoms with Gasteiger partial charge in [-0.2, -0.15) is 0 Å². The van der Waals surface area contributed by atoms with Gasteiger partial charge in [0, 0.05) is 30.5 Å². The van der Waals surface area contributed by atoms with Gasteiger partial charge in [0.15, 0.2) is 0 Å². The van der Waals surface area contributed by atoms with E-state index in [4.69, 9.17) is 0 Å². The van der Waals surface area contributed by atoms with Crippen molar-refractivity contribution in [1.29, 1.82) is 0 Å². The summed E-state index contributed by atoms with van der Waals surface area (Å²) in [6, 6.07) is 5.75. The van der Waals surface area contributed by atoms with Crippen LogP contribution in [0.15, 0.2) is 29.2 Å². The van der Waals surface area contributed by atoms with E-state index in [0.29, 0.717) is 25.2 Å². The number of aromatic nitrogens is 1. The molecule has 0 fully saturated rings. The van der Waals surface area contributed by atoms with E-state index >= 15 is 0 Å². The summed E-state index contributed by atoms with van der Waals surface area (Å²) in [5, 5.41) is 3.54. The minimum atomic E-state index is -3.82. The van der Waals surface area contributed by atoms with E-state index in [9.17, 15) is 18.0 Å². The molecule has 0 aliphatic carbocycles. The number of carbonyl (C=O) groups is 2. The molecule has 2 N–H and O–H groups in total. The predicted molar refractivity (Wildman–Crippen MR) is 102 cm³/mol. The van der Waals surface area contributed by atoms with Gasteiger partial charge in [0.25, 0.3) is 0 Å². The molecular weight excluding hydrogens is 388 g/mol. The van der Waals surface area contributed by atoms with Crippen LogP contribution in [0.5, 0.6) is 0 Å². The zero-order valence-electron chi connectivity index (χ0n) is 15.0. The van der Waals surface area contributed by atoms with Crippen molar-refractivity contribution in [3.63, 3.8) is 0 Å².